The van der Waals surface area contributed by atoms with Gasteiger partial charge in [0.05, 0.1) is 0 Å². The van der Waals surface area contributed by atoms with E-state index in [1.165, 1.54) is 25.7 Å². The Kier molecular flexibility index (Phi) is 2.28. The maximum absolute atomic E-state index is 10.7. The first-order valence-corrected chi connectivity index (χ1v) is 5.19. The number of primary amides is 1. The number of hydrogen-bond donors (Lipinski definition) is 2. The highest BCUT2D eigenvalue weighted by molar-refractivity contribution is 5.74. The van der Waals surface area contributed by atoms with E-state index in [0.717, 1.165) is 13.1 Å². The van der Waals surface area contributed by atoms with Crippen molar-refractivity contribution in [3.8, 4) is 0 Å². The van der Waals surface area contributed by atoms with Crippen LogP contribution in [0.25, 0.3) is 0 Å². The van der Waals surface area contributed by atoms with Crippen LogP contribution >= 0.6 is 0 Å². The second-order valence-electron chi connectivity index (χ2n) is 4.69. The number of amides is 1. The van der Waals surface area contributed by atoms with Crippen molar-refractivity contribution in [3.05, 3.63) is 0 Å². The second kappa shape index (κ2) is 3.29. The Morgan fingerprint density at radius 2 is 2.00 bits per heavy atom. The Bertz CT molecular complexity index is 201. The number of hydrogen-bond acceptors (Lipinski definition) is 2. The fourth-order valence-electron chi connectivity index (χ4n) is 2.96. The third kappa shape index (κ3) is 1.85. The Balaban J connectivity index is 1.78. The minimum atomic E-state index is -0.131. The van der Waals surface area contributed by atoms with Crippen LogP contribution in [0.4, 0.5) is 0 Å². The molecular formula is C10H18N2O. The lowest BCUT2D eigenvalue weighted by Gasteiger charge is -2.50. The third-order valence-electron chi connectivity index (χ3n) is 3.60. The fourth-order valence-corrected chi connectivity index (χ4v) is 2.96. The van der Waals surface area contributed by atoms with Gasteiger partial charge >= 0.3 is 0 Å². The molecule has 1 aliphatic carbocycles. The van der Waals surface area contributed by atoms with Crippen LogP contribution in [0.3, 0.4) is 0 Å². The van der Waals surface area contributed by atoms with E-state index in [-0.39, 0.29) is 5.91 Å². The number of piperidine rings is 1. The van der Waals surface area contributed by atoms with Gasteiger partial charge in [-0.15, -0.1) is 0 Å². The first kappa shape index (κ1) is 9.00. The van der Waals surface area contributed by atoms with Gasteiger partial charge in [-0.25, -0.2) is 0 Å². The Labute approximate surface area is 79.1 Å². The quantitative estimate of drug-likeness (QED) is 0.658. The summed E-state index contributed by atoms with van der Waals surface area (Å²) in [5.41, 5.74) is 5.76. The van der Waals surface area contributed by atoms with Crippen molar-refractivity contribution in [3.63, 3.8) is 0 Å². The van der Waals surface area contributed by atoms with Gasteiger partial charge in [-0.05, 0) is 50.1 Å². The van der Waals surface area contributed by atoms with Gasteiger partial charge in [0.2, 0.25) is 5.91 Å². The number of carbonyl (C=O) groups is 1. The van der Waals surface area contributed by atoms with E-state index < -0.39 is 0 Å². The zero-order chi connectivity index (χ0) is 9.31. The molecular weight excluding hydrogens is 164 g/mol. The highest BCUT2D eigenvalue weighted by Gasteiger charge is 2.44. The lowest BCUT2D eigenvalue weighted by Crippen LogP contribution is -2.46. The summed E-state index contributed by atoms with van der Waals surface area (Å²) in [6, 6.07) is 0. The molecule has 2 aliphatic rings. The van der Waals surface area contributed by atoms with Crippen LogP contribution < -0.4 is 11.1 Å². The summed E-state index contributed by atoms with van der Waals surface area (Å²) in [6.45, 7) is 2.31. The summed E-state index contributed by atoms with van der Waals surface area (Å²) >= 11 is 0. The fraction of sp³-hybridized carbons (Fsp3) is 0.900. The van der Waals surface area contributed by atoms with E-state index in [9.17, 15) is 4.79 Å². The average molecular weight is 182 g/mol. The normalized spacial score (nSPS) is 27.1. The van der Waals surface area contributed by atoms with E-state index in [1.807, 2.05) is 0 Å². The lowest BCUT2D eigenvalue weighted by molar-refractivity contribution is -0.121. The van der Waals surface area contributed by atoms with Gasteiger partial charge in [-0.2, -0.15) is 0 Å². The van der Waals surface area contributed by atoms with E-state index in [1.54, 1.807) is 0 Å². The molecule has 1 heterocycles. The summed E-state index contributed by atoms with van der Waals surface area (Å²) in [5.74, 6) is 0.462. The minimum absolute atomic E-state index is 0.131. The van der Waals surface area contributed by atoms with Crippen LogP contribution in [0.1, 0.15) is 32.1 Å². The van der Waals surface area contributed by atoms with Gasteiger partial charge in [0.15, 0.2) is 0 Å². The molecule has 0 aromatic rings. The van der Waals surface area contributed by atoms with E-state index >= 15 is 0 Å². The first-order chi connectivity index (χ1) is 6.20. The van der Waals surface area contributed by atoms with Crippen molar-refractivity contribution in [2.45, 2.75) is 32.1 Å². The molecule has 74 valence electrons. The van der Waals surface area contributed by atoms with Gasteiger partial charge < -0.3 is 11.1 Å². The largest absolute Gasteiger partial charge is 0.370 e. The summed E-state index contributed by atoms with van der Waals surface area (Å²) in [6.07, 6.45) is 5.66. The molecule has 1 aliphatic heterocycles. The second-order valence-corrected chi connectivity index (χ2v) is 4.69. The monoisotopic (exact) mass is 182 g/mol. The van der Waals surface area contributed by atoms with E-state index in [0.29, 0.717) is 17.8 Å². The predicted octanol–water partition coefficient (Wildman–Crippen LogP) is 0.642. The van der Waals surface area contributed by atoms with Crippen molar-refractivity contribution < 1.29 is 4.79 Å². The molecule has 1 saturated heterocycles. The molecule has 0 aromatic heterocycles. The zero-order valence-corrected chi connectivity index (χ0v) is 8.01. The van der Waals surface area contributed by atoms with Crippen LogP contribution in [-0.2, 0) is 4.79 Å². The number of nitrogens with one attached hydrogen (secondary N) is 1. The highest BCUT2D eigenvalue weighted by atomic mass is 16.1. The Morgan fingerprint density at radius 3 is 2.54 bits per heavy atom. The zero-order valence-electron chi connectivity index (χ0n) is 8.01. The molecule has 1 spiro atoms. The van der Waals surface area contributed by atoms with Gasteiger partial charge in [0, 0.05) is 6.42 Å². The molecule has 13 heavy (non-hydrogen) atoms. The highest BCUT2D eigenvalue weighted by Crippen LogP contribution is 2.52. The van der Waals surface area contributed by atoms with Crippen LogP contribution in [-0.4, -0.2) is 19.0 Å². The molecule has 1 saturated carbocycles. The van der Waals surface area contributed by atoms with E-state index in [4.69, 9.17) is 5.73 Å². The first-order valence-electron chi connectivity index (χ1n) is 5.19. The summed E-state index contributed by atoms with van der Waals surface area (Å²) in [7, 11) is 0. The SMILES string of the molecule is NC(=O)CC1CC2(CCNCC2)C1. The van der Waals surface area contributed by atoms with Gasteiger partial charge in [0.1, 0.15) is 0 Å². The Morgan fingerprint density at radius 1 is 1.38 bits per heavy atom. The molecule has 0 aromatic carbocycles. The molecule has 2 rings (SSSR count). The van der Waals surface area contributed by atoms with Crippen molar-refractivity contribution in [2.75, 3.05) is 13.1 Å². The maximum atomic E-state index is 10.7. The lowest BCUT2D eigenvalue weighted by atomic mass is 9.57. The van der Waals surface area contributed by atoms with Crippen molar-refractivity contribution >= 4 is 5.91 Å². The molecule has 0 bridgehead atoms. The van der Waals surface area contributed by atoms with Crippen LogP contribution in [0, 0.1) is 11.3 Å². The van der Waals surface area contributed by atoms with Gasteiger partial charge in [0.25, 0.3) is 0 Å². The van der Waals surface area contributed by atoms with Crippen molar-refractivity contribution in [1.29, 1.82) is 0 Å². The topological polar surface area (TPSA) is 55.1 Å². The molecule has 3 heteroatoms. The average Bonchev–Trinajstić information content (AvgIpc) is 2.02. The molecule has 3 N–H and O–H groups in total. The number of nitrogens with two attached hydrogens (primary N) is 1. The summed E-state index contributed by atoms with van der Waals surface area (Å²) < 4.78 is 0. The van der Waals surface area contributed by atoms with Gasteiger partial charge in [-0.1, -0.05) is 0 Å². The molecule has 1 amide bonds. The van der Waals surface area contributed by atoms with Crippen LogP contribution in [0.5, 0.6) is 0 Å². The molecule has 0 atom stereocenters. The number of rotatable bonds is 2. The van der Waals surface area contributed by atoms with Crippen molar-refractivity contribution in [2.24, 2.45) is 17.1 Å². The van der Waals surface area contributed by atoms with Gasteiger partial charge in [-0.3, -0.25) is 4.79 Å². The summed E-state index contributed by atoms with van der Waals surface area (Å²) in [4.78, 5) is 10.7. The Hall–Kier alpha value is -0.570. The molecule has 3 nitrogen and oxygen atoms in total. The maximum Gasteiger partial charge on any atom is 0.217 e. The summed E-state index contributed by atoms with van der Waals surface area (Å²) in [5, 5.41) is 3.37. The minimum Gasteiger partial charge on any atom is -0.370 e. The smallest absolute Gasteiger partial charge is 0.217 e. The molecule has 0 radical (unpaired) electrons. The van der Waals surface area contributed by atoms with Crippen LogP contribution in [0.15, 0.2) is 0 Å². The van der Waals surface area contributed by atoms with E-state index in [2.05, 4.69) is 5.32 Å². The van der Waals surface area contributed by atoms with Crippen LogP contribution in [0.2, 0.25) is 0 Å². The predicted molar refractivity (Wildman–Crippen MR) is 51.1 cm³/mol. The standard InChI is InChI=1S/C10H18N2O/c11-9(13)5-8-6-10(7-8)1-3-12-4-2-10/h8,12H,1-7H2,(H2,11,13). The molecule has 2 fully saturated rings. The molecule has 0 unspecified atom stereocenters. The number of carbonyl (C=O) groups excluding carboxylic acids is 1. The third-order valence-corrected chi connectivity index (χ3v) is 3.60. The van der Waals surface area contributed by atoms with Crippen molar-refractivity contribution in [1.82, 2.24) is 5.32 Å².